The summed E-state index contributed by atoms with van der Waals surface area (Å²) in [6, 6.07) is 0.695. The van der Waals surface area contributed by atoms with Crippen molar-refractivity contribution in [1.29, 1.82) is 0 Å². The summed E-state index contributed by atoms with van der Waals surface area (Å²) in [5.74, 6) is 1.63. The number of carbonyl (C=O) groups excluding carboxylic acids is 1. The Labute approximate surface area is 140 Å². The first-order chi connectivity index (χ1) is 10.3. The lowest BCUT2D eigenvalue weighted by molar-refractivity contribution is -0.135. The molecule has 22 heavy (non-hydrogen) atoms. The maximum atomic E-state index is 12.8. The van der Waals surface area contributed by atoms with Crippen LogP contribution in [0.5, 0.6) is 0 Å². The van der Waals surface area contributed by atoms with E-state index in [-0.39, 0.29) is 18.4 Å². The van der Waals surface area contributed by atoms with Crippen LogP contribution in [0, 0.1) is 11.8 Å². The van der Waals surface area contributed by atoms with E-state index in [0.717, 1.165) is 45.1 Å². The first kappa shape index (κ1) is 18.0. The number of likely N-dealkylation sites (tertiary alicyclic amines) is 1. The highest BCUT2D eigenvalue weighted by molar-refractivity contribution is 5.85. The summed E-state index contributed by atoms with van der Waals surface area (Å²) < 4.78 is 5.55. The molecule has 3 aliphatic rings. The third kappa shape index (κ3) is 4.15. The summed E-state index contributed by atoms with van der Waals surface area (Å²) in [5, 5.41) is 3.63. The fourth-order valence-corrected chi connectivity index (χ4v) is 4.42. The van der Waals surface area contributed by atoms with Crippen molar-refractivity contribution in [2.45, 2.75) is 64.0 Å². The Morgan fingerprint density at radius 2 is 2.05 bits per heavy atom. The van der Waals surface area contributed by atoms with Crippen LogP contribution in [0.2, 0.25) is 0 Å². The zero-order valence-corrected chi connectivity index (χ0v) is 14.6. The monoisotopic (exact) mass is 330 g/mol. The average molecular weight is 331 g/mol. The van der Waals surface area contributed by atoms with Gasteiger partial charge in [-0.25, -0.2) is 0 Å². The van der Waals surface area contributed by atoms with Crippen LogP contribution in [-0.4, -0.2) is 49.2 Å². The number of halogens is 1. The third-order valence-electron chi connectivity index (χ3n) is 5.55. The minimum atomic E-state index is 0. The highest BCUT2D eigenvalue weighted by atomic mass is 35.5. The van der Waals surface area contributed by atoms with Crippen LogP contribution in [0.3, 0.4) is 0 Å². The van der Waals surface area contributed by atoms with Crippen molar-refractivity contribution >= 4 is 18.3 Å². The Bertz CT molecular complexity index is 353. The Hall–Kier alpha value is -0.320. The molecule has 4 unspecified atom stereocenters. The summed E-state index contributed by atoms with van der Waals surface area (Å²) in [6.07, 6.45) is 8.65. The maximum absolute atomic E-state index is 12.8. The predicted octanol–water partition coefficient (Wildman–Crippen LogP) is 2.60. The van der Waals surface area contributed by atoms with Crippen molar-refractivity contribution in [2.75, 3.05) is 26.3 Å². The van der Waals surface area contributed by atoms with E-state index < -0.39 is 0 Å². The van der Waals surface area contributed by atoms with Crippen molar-refractivity contribution in [2.24, 2.45) is 11.8 Å². The number of hydrogen-bond donors (Lipinski definition) is 1. The van der Waals surface area contributed by atoms with Gasteiger partial charge in [-0.15, -0.1) is 12.4 Å². The van der Waals surface area contributed by atoms with Crippen LogP contribution in [0.15, 0.2) is 0 Å². The van der Waals surface area contributed by atoms with Gasteiger partial charge in [0.25, 0.3) is 0 Å². The largest absolute Gasteiger partial charge is 0.381 e. The fraction of sp³-hybridized carbons (Fsp3) is 0.941. The first-order valence-electron chi connectivity index (χ1n) is 8.90. The molecule has 4 nitrogen and oxygen atoms in total. The van der Waals surface area contributed by atoms with Crippen LogP contribution in [0.1, 0.15) is 51.9 Å². The van der Waals surface area contributed by atoms with Gasteiger partial charge in [0.2, 0.25) is 5.91 Å². The number of fused-ring (bicyclic) bond motifs is 1. The number of amides is 1. The first-order valence-corrected chi connectivity index (χ1v) is 8.90. The number of rotatable bonds is 4. The number of nitrogens with zero attached hydrogens (tertiary/aromatic N) is 1. The number of nitrogens with one attached hydrogen (secondary N) is 1. The quantitative estimate of drug-likeness (QED) is 0.861. The van der Waals surface area contributed by atoms with Crippen molar-refractivity contribution in [3.63, 3.8) is 0 Å². The van der Waals surface area contributed by atoms with Gasteiger partial charge in [-0.1, -0.05) is 12.8 Å². The van der Waals surface area contributed by atoms with Crippen LogP contribution in [0.4, 0.5) is 0 Å². The summed E-state index contributed by atoms with van der Waals surface area (Å²) in [6.45, 7) is 5.46. The molecule has 3 fully saturated rings. The van der Waals surface area contributed by atoms with E-state index in [9.17, 15) is 4.79 Å². The van der Waals surface area contributed by atoms with Gasteiger partial charge in [-0.3, -0.25) is 4.79 Å². The lowest BCUT2D eigenvalue weighted by atomic mass is 9.85. The van der Waals surface area contributed by atoms with Gasteiger partial charge < -0.3 is 15.0 Å². The van der Waals surface area contributed by atoms with E-state index >= 15 is 0 Å². The van der Waals surface area contributed by atoms with Crippen LogP contribution >= 0.6 is 12.4 Å². The highest BCUT2D eigenvalue weighted by Crippen LogP contribution is 2.34. The van der Waals surface area contributed by atoms with Gasteiger partial charge in [-0.2, -0.15) is 0 Å². The van der Waals surface area contributed by atoms with E-state index in [0.29, 0.717) is 17.9 Å². The second kappa shape index (κ2) is 8.51. The SMILES string of the molecule is CCOCC1CCCN(C(=O)C2CC3CCCCC3N2)C1.Cl. The molecule has 1 saturated carbocycles. The highest BCUT2D eigenvalue weighted by Gasteiger charge is 2.40. The lowest BCUT2D eigenvalue weighted by Gasteiger charge is -2.34. The Kier molecular flexibility index (Phi) is 6.97. The molecule has 0 radical (unpaired) electrons. The average Bonchev–Trinajstić information content (AvgIpc) is 2.96. The summed E-state index contributed by atoms with van der Waals surface area (Å²) >= 11 is 0. The fourth-order valence-electron chi connectivity index (χ4n) is 4.42. The molecule has 1 amide bonds. The molecular formula is C17H31ClN2O2. The molecule has 0 aromatic rings. The zero-order valence-electron chi connectivity index (χ0n) is 13.8. The number of carbonyl (C=O) groups is 1. The molecule has 5 heteroatoms. The molecule has 4 atom stereocenters. The van der Waals surface area contributed by atoms with Crippen LogP contribution in [0.25, 0.3) is 0 Å². The molecule has 0 aromatic carbocycles. The van der Waals surface area contributed by atoms with Gasteiger partial charge >= 0.3 is 0 Å². The Morgan fingerprint density at radius 3 is 2.82 bits per heavy atom. The number of ether oxygens (including phenoxy) is 1. The third-order valence-corrected chi connectivity index (χ3v) is 5.55. The molecule has 0 bridgehead atoms. The van der Waals surface area contributed by atoms with Crippen LogP contribution < -0.4 is 5.32 Å². The van der Waals surface area contributed by atoms with Crippen molar-refractivity contribution in [3.8, 4) is 0 Å². The second-order valence-corrected chi connectivity index (χ2v) is 7.06. The maximum Gasteiger partial charge on any atom is 0.239 e. The molecule has 0 spiro atoms. The van der Waals surface area contributed by atoms with E-state index in [2.05, 4.69) is 10.2 Å². The molecule has 3 rings (SSSR count). The summed E-state index contributed by atoms with van der Waals surface area (Å²) in [5.41, 5.74) is 0. The second-order valence-electron chi connectivity index (χ2n) is 7.06. The molecular weight excluding hydrogens is 300 g/mol. The van der Waals surface area contributed by atoms with Gasteiger partial charge in [-0.05, 0) is 50.9 Å². The normalized spacial score (nSPS) is 34.9. The van der Waals surface area contributed by atoms with Gasteiger partial charge in [0.1, 0.15) is 0 Å². The smallest absolute Gasteiger partial charge is 0.239 e. The molecule has 2 heterocycles. The van der Waals surface area contributed by atoms with E-state index in [1.54, 1.807) is 0 Å². The Morgan fingerprint density at radius 1 is 1.23 bits per heavy atom. The topological polar surface area (TPSA) is 41.6 Å². The lowest BCUT2D eigenvalue weighted by Crippen LogP contribution is -2.49. The number of piperidine rings is 1. The van der Waals surface area contributed by atoms with Crippen molar-refractivity contribution in [3.05, 3.63) is 0 Å². The minimum absolute atomic E-state index is 0. The standard InChI is InChI=1S/C17H30N2O2.ClH/c1-2-21-12-13-6-5-9-19(11-13)17(20)16-10-14-7-3-4-8-15(14)18-16;/h13-16,18H,2-12H2,1H3;1H. The molecule has 2 saturated heterocycles. The van der Waals surface area contributed by atoms with E-state index in [4.69, 9.17) is 4.74 Å². The van der Waals surface area contributed by atoms with Crippen molar-refractivity contribution < 1.29 is 9.53 Å². The molecule has 0 aromatic heterocycles. The number of hydrogen-bond acceptors (Lipinski definition) is 3. The molecule has 1 aliphatic carbocycles. The molecule has 1 N–H and O–H groups in total. The van der Waals surface area contributed by atoms with Crippen LogP contribution in [-0.2, 0) is 9.53 Å². The summed E-state index contributed by atoms with van der Waals surface area (Å²) in [4.78, 5) is 14.9. The molecule has 128 valence electrons. The van der Waals surface area contributed by atoms with Gasteiger partial charge in [0.15, 0.2) is 0 Å². The van der Waals surface area contributed by atoms with Gasteiger partial charge in [0.05, 0.1) is 12.6 Å². The zero-order chi connectivity index (χ0) is 14.7. The van der Waals surface area contributed by atoms with E-state index in [1.807, 2.05) is 6.92 Å². The molecule has 2 aliphatic heterocycles. The Balaban J connectivity index is 0.00000176. The minimum Gasteiger partial charge on any atom is -0.381 e. The summed E-state index contributed by atoms with van der Waals surface area (Å²) in [7, 11) is 0. The van der Waals surface area contributed by atoms with Gasteiger partial charge in [0, 0.05) is 25.7 Å². The predicted molar refractivity (Wildman–Crippen MR) is 90.3 cm³/mol. The van der Waals surface area contributed by atoms with Crippen molar-refractivity contribution in [1.82, 2.24) is 10.2 Å². The van der Waals surface area contributed by atoms with E-state index in [1.165, 1.54) is 32.1 Å².